The predicted octanol–water partition coefficient (Wildman–Crippen LogP) is 1.54. The fourth-order valence-corrected chi connectivity index (χ4v) is 1.72. The Labute approximate surface area is 106 Å². The summed E-state index contributed by atoms with van der Waals surface area (Å²) in [7, 11) is 6.85. The van der Waals surface area contributed by atoms with Gasteiger partial charge in [-0.1, -0.05) is 0 Å². The van der Waals surface area contributed by atoms with Crippen LogP contribution in [0.4, 0.5) is 5.95 Å². The van der Waals surface area contributed by atoms with Gasteiger partial charge < -0.3 is 14.8 Å². The number of methoxy groups -OCH3 is 2. The molecule has 1 aromatic carbocycles. The van der Waals surface area contributed by atoms with Crippen molar-refractivity contribution in [2.45, 2.75) is 0 Å². The van der Waals surface area contributed by atoms with Crippen molar-refractivity contribution in [3.63, 3.8) is 0 Å². The molecule has 0 saturated heterocycles. The minimum Gasteiger partial charge on any atom is -0.493 e. The van der Waals surface area contributed by atoms with E-state index < -0.39 is 0 Å². The average molecular weight is 248 g/mol. The van der Waals surface area contributed by atoms with E-state index in [4.69, 9.17) is 9.47 Å². The summed E-state index contributed by atoms with van der Waals surface area (Å²) in [5.74, 6) is 2.71. The number of anilines is 1. The molecule has 0 unspecified atom stereocenters. The molecule has 18 heavy (non-hydrogen) atoms. The lowest BCUT2D eigenvalue weighted by Gasteiger charge is -2.08. The van der Waals surface area contributed by atoms with Crippen LogP contribution in [0.1, 0.15) is 0 Å². The molecule has 1 heterocycles. The largest absolute Gasteiger partial charge is 0.493 e. The molecular weight excluding hydrogens is 232 g/mol. The van der Waals surface area contributed by atoms with Gasteiger partial charge in [0.25, 0.3) is 0 Å². The van der Waals surface area contributed by atoms with Crippen LogP contribution in [0, 0.1) is 0 Å². The van der Waals surface area contributed by atoms with Gasteiger partial charge >= 0.3 is 0 Å². The molecule has 0 aliphatic rings. The van der Waals surface area contributed by atoms with Crippen LogP contribution in [-0.4, -0.2) is 36.0 Å². The number of rotatable bonds is 4. The van der Waals surface area contributed by atoms with Crippen LogP contribution in [0.25, 0.3) is 11.4 Å². The summed E-state index contributed by atoms with van der Waals surface area (Å²) >= 11 is 0. The summed E-state index contributed by atoms with van der Waals surface area (Å²) in [5, 5.41) is 7.14. The van der Waals surface area contributed by atoms with E-state index in [2.05, 4.69) is 15.4 Å². The van der Waals surface area contributed by atoms with Crippen molar-refractivity contribution in [1.29, 1.82) is 0 Å². The van der Waals surface area contributed by atoms with Crippen LogP contribution in [0.15, 0.2) is 18.2 Å². The van der Waals surface area contributed by atoms with Crippen molar-refractivity contribution in [2.75, 3.05) is 26.6 Å². The first-order valence-corrected chi connectivity index (χ1v) is 5.50. The zero-order valence-electron chi connectivity index (χ0n) is 10.9. The SMILES string of the molecule is CNc1nc(-c2ccc(OC)c(OC)c2)n(C)n1. The number of benzene rings is 1. The number of hydrogen-bond donors (Lipinski definition) is 1. The van der Waals surface area contributed by atoms with Gasteiger partial charge in [0.15, 0.2) is 17.3 Å². The zero-order chi connectivity index (χ0) is 13.1. The van der Waals surface area contributed by atoms with E-state index in [0.29, 0.717) is 17.4 Å². The fourth-order valence-electron chi connectivity index (χ4n) is 1.72. The Hall–Kier alpha value is -2.24. The summed E-state index contributed by atoms with van der Waals surface area (Å²) in [5.41, 5.74) is 0.921. The van der Waals surface area contributed by atoms with Gasteiger partial charge in [-0.2, -0.15) is 4.98 Å². The maximum absolute atomic E-state index is 5.27. The van der Waals surface area contributed by atoms with E-state index in [1.165, 1.54) is 0 Å². The molecule has 1 aromatic heterocycles. The quantitative estimate of drug-likeness (QED) is 0.889. The molecular formula is C12H16N4O2. The summed E-state index contributed by atoms with van der Waals surface area (Å²) < 4.78 is 12.2. The molecule has 0 fully saturated rings. The van der Waals surface area contributed by atoms with E-state index in [0.717, 1.165) is 11.4 Å². The lowest BCUT2D eigenvalue weighted by Crippen LogP contribution is -1.96. The molecule has 1 N–H and O–H groups in total. The van der Waals surface area contributed by atoms with E-state index in [9.17, 15) is 0 Å². The van der Waals surface area contributed by atoms with Crippen LogP contribution in [0.3, 0.4) is 0 Å². The highest BCUT2D eigenvalue weighted by Gasteiger charge is 2.11. The minimum atomic E-state index is 0.585. The molecule has 96 valence electrons. The van der Waals surface area contributed by atoms with Crippen LogP contribution in [-0.2, 0) is 7.05 Å². The van der Waals surface area contributed by atoms with Gasteiger partial charge in [-0.3, -0.25) is 0 Å². The highest BCUT2D eigenvalue weighted by atomic mass is 16.5. The Balaban J connectivity index is 2.47. The molecule has 6 heteroatoms. The first kappa shape index (κ1) is 12.2. The third kappa shape index (κ3) is 2.09. The van der Waals surface area contributed by atoms with E-state index in [-0.39, 0.29) is 0 Å². The van der Waals surface area contributed by atoms with Gasteiger partial charge in [0.05, 0.1) is 14.2 Å². The molecule has 2 rings (SSSR count). The highest BCUT2D eigenvalue weighted by molar-refractivity contribution is 5.62. The Morgan fingerprint density at radius 3 is 2.44 bits per heavy atom. The van der Waals surface area contributed by atoms with E-state index in [1.807, 2.05) is 25.2 Å². The van der Waals surface area contributed by atoms with Crippen molar-refractivity contribution in [2.24, 2.45) is 7.05 Å². The molecule has 0 aliphatic carbocycles. The highest BCUT2D eigenvalue weighted by Crippen LogP contribution is 2.31. The molecule has 0 atom stereocenters. The van der Waals surface area contributed by atoms with Crippen LogP contribution in [0.5, 0.6) is 11.5 Å². The molecule has 0 amide bonds. The number of ether oxygens (including phenoxy) is 2. The van der Waals surface area contributed by atoms with Crippen LogP contribution < -0.4 is 14.8 Å². The summed E-state index contributed by atoms with van der Waals surface area (Å²) in [4.78, 5) is 4.37. The first-order valence-electron chi connectivity index (χ1n) is 5.50. The molecule has 0 bridgehead atoms. The Kier molecular flexibility index (Phi) is 3.36. The number of nitrogens with one attached hydrogen (secondary N) is 1. The molecule has 0 spiro atoms. The zero-order valence-corrected chi connectivity index (χ0v) is 10.9. The summed E-state index contributed by atoms with van der Waals surface area (Å²) in [6.45, 7) is 0. The monoisotopic (exact) mass is 248 g/mol. The minimum absolute atomic E-state index is 0.585. The lowest BCUT2D eigenvalue weighted by atomic mass is 10.2. The molecule has 0 radical (unpaired) electrons. The van der Waals surface area contributed by atoms with Crippen molar-refractivity contribution >= 4 is 5.95 Å². The molecule has 6 nitrogen and oxygen atoms in total. The smallest absolute Gasteiger partial charge is 0.242 e. The maximum atomic E-state index is 5.27. The number of nitrogens with zero attached hydrogens (tertiary/aromatic N) is 3. The molecule has 0 aliphatic heterocycles. The van der Waals surface area contributed by atoms with Gasteiger partial charge in [-0.15, -0.1) is 5.10 Å². The van der Waals surface area contributed by atoms with Crippen LogP contribution >= 0.6 is 0 Å². The second kappa shape index (κ2) is 4.95. The lowest BCUT2D eigenvalue weighted by molar-refractivity contribution is 0.355. The maximum Gasteiger partial charge on any atom is 0.242 e. The van der Waals surface area contributed by atoms with Gasteiger partial charge in [0, 0.05) is 19.7 Å². The number of aromatic nitrogens is 3. The second-order valence-corrected chi connectivity index (χ2v) is 3.70. The van der Waals surface area contributed by atoms with Gasteiger partial charge in [-0.25, -0.2) is 4.68 Å². The molecule has 2 aromatic rings. The van der Waals surface area contributed by atoms with Crippen LogP contribution in [0.2, 0.25) is 0 Å². The fraction of sp³-hybridized carbons (Fsp3) is 0.333. The number of hydrogen-bond acceptors (Lipinski definition) is 5. The first-order chi connectivity index (χ1) is 8.69. The third-order valence-electron chi connectivity index (χ3n) is 2.63. The topological polar surface area (TPSA) is 61.2 Å². The average Bonchev–Trinajstić information content (AvgIpc) is 2.79. The Morgan fingerprint density at radius 1 is 1.17 bits per heavy atom. The number of aryl methyl sites for hydroxylation is 1. The van der Waals surface area contributed by atoms with Crippen molar-refractivity contribution in [3.05, 3.63) is 18.2 Å². The Bertz CT molecular complexity index is 551. The van der Waals surface area contributed by atoms with Gasteiger partial charge in [0.1, 0.15) is 0 Å². The van der Waals surface area contributed by atoms with Gasteiger partial charge in [0.2, 0.25) is 5.95 Å². The summed E-state index contributed by atoms with van der Waals surface area (Å²) in [6.07, 6.45) is 0. The third-order valence-corrected chi connectivity index (χ3v) is 2.63. The standard InChI is InChI=1S/C12H16N4O2/c1-13-12-14-11(16(2)15-12)8-5-6-9(17-3)10(7-8)18-4/h5-7H,1-4H3,(H,13,15). The van der Waals surface area contributed by atoms with Crippen molar-refractivity contribution < 1.29 is 9.47 Å². The van der Waals surface area contributed by atoms with Gasteiger partial charge in [-0.05, 0) is 18.2 Å². The second-order valence-electron chi connectivity index (χ2n) is 3.70. The van der Waals surface area contributed by atoms with E-state index >= 15 is 0 Å². The van der Waals surface area contributed by atoms with Crippen molar-refractivity contribution in [1.82, 2.24) is 14.8 Å². The summed E-state index contributed by atoms with van der Waals surface area (Å²) in [6, 6.07) is 5.65. The molecule has 0 saturated carbocycles. The van der Waals surface area contributed by atoms with Crippen molar-refractivity contribution in [3.8, 4) is 22.9 Å². The predicted molar refractivity (Wildman–Crippen MR) is 69.1 cm³/mol. The Morgan fingerprint density at radius 2 is 1.89 bits per heavy atom. The van der Waals surface area contributed by atoms with E-state index in [1.54, 1.807) is 25.9 Å². The normalized spacial score (nSPS) is 10.2.